The Labute approximate surface area is 166 Å². The van der Waals surface area contributed by atoms with Crippen molar-refractivity contribution in [2.24, 2.45) is 0 Å². The first-order chi connectivity index (χ1) is 13.4. The van der Waals surface area contributed by atoms with Gasteiger partial charge >= 0.3 is 0 Å². The number of rotatable bonds is 7. The van der Waals surface area contributed by atoms with Gasteiger partial charge in [0, 0.05) is 5.69 Å². The average molecular weight is 401 g/mol. The zero-order chi connectivity index (χ0) is 20.1. The summed E-state index contributed by atoms with van der Waals surface area (Å²) >= 11 is 1.15. The van der Waals surface area contributed by atoms with Gasteiger partial charge in [0.25, 0.3) is 11.1 Å². The molecule has 3 rings (SSSR count). The highest BCUT2D eigenvalue weighted by Crippen LogP contribution is 2.25. The Balaban J connectivity index is 1.54. The summed E-state index contributed by atoms with van der Waals surface area (Å²) < 4.78 is 24.1. The molecule has 28 heavy (non-hydrogen) atoms. The maximum absolute atomic E-state index is 13.0. The smallest absolute Gasteiger partial charge is 0.277 e. The molecule has 1 heterocycles. The predicted molar refractivity (Wildman–Crippen MR) is 105 cm³/mol. The van der Waals surface area contributed by atoms with E-state index >= 15 is 0 Å². The SMILES string of the molecule is Cc1cccc(C)c1NC(=O)CSc1nnc([C@H](C)Oc2ccc(F)cc2)o1. The molecule has 1 atom stereocenters. The Morgan fingerprint density at radius 3 is 2.54 bits per heavy atom. The van der Waals surface area contributed by atoms with Gasteiger partial charge in [-0.3, -0.25) is 4.79 Å². The van der Waals surface area contributed by atoms with Crippen molar-refractivity contribution in [2.75, 3.05) is 11.1 Å². The molecule has 1 aromatic heterocycles. The van der Waals surface area contributed by atoms with E-state index in [2.05, 4.69) is 15.5 Å². The molecule has 0 aliphatic rings. The van der Waals surface area contributed by atoms with E-state index in [1.807, 2.05) is 32.0 Å². The lowest BCUT2D eigenvalue weighted by Crippen LogP contribution is -2.15. The van der Waals surface area contributed by atoms with Gasteiger partial charge in [-0.2, -0.15) is 0 Å². The number of halogens is 1. The number of nitrogens with zero attached hydrogens (tertiary/aromatic N) is 2. The van der Waals surface area contributed by atoms with Gasteiger partial charge < -0.3 is 14.5 Å². The first kappa shape index (κ1) is 19.9. The minimum absolute atomic E-state index is 0.141. The van der Waals surface area contributed by atoms with E-state index in [1.54, 1.807) is 6.92 Å². The first-order valence-electron chi connectivity index (χ1n) is 8.67. The van der Waals surface area contributed by atoms with Crippen molar-refractivity contribution in [3.63, 3.8) is 0 Å². The zero-order valence-electron chi connectivity index (χ0n) is 15.7. The van der Waals surface area contributed by atoms with E-state index in [1.165, 1.54) is 24.3 Å². The number of thioether (sulfide) groups is 1. The second-order valence-electron chi connectivity index (χ2n) is 6.22. The van der Waals surface area contributed by atoms with Crippen molar-refractivity contribution in [2.45, 2.75) is 32.1 Å². The molecule has 146 valence electrons. The highest BCUT2D eigenvalue weighted by molar-refractivity contribution is 7.99. The van der Waals surface area contributed by atoms with Crippen molar-refractivity contribution in [1.82, 2.24) is 10.2 Å². The van der Waals surface area contributed by atoms with Crippen LogP contribution in [0.5, 0.6) is 5.75 Å². The third kappa shape index (κ3) is 5.10. The third-order valence-electron chi connectivity index (χ3n) is 3.97. The summed E-state index contributed by atoms with van der Waals surface area (Å²) in [6, 6.07) is 11.5. The van der Waals surface area contributed by atoms with Gasteiger partial charge in [-0.15, -0.1) is 10.2 Å². The Bertz CT molecular complexity index is 939. The molecule has 6 nitrogen and oxygen atoms in total. The molecule has 0 bridgehead atoms. The van der Waals surface area contributed by atoms with E-state index in [0.717, 1.165) is 28.6 Å². The predicted octanol–water partition coefficient (Wildman–Crippen LogP) is 4.70. The number of carbonyl (C=O) groups is 1. The molecule has 0 spiro atoms. The lowest BCUT2D eigenvalue weighted by atomic mass is 10.1. The van der Waals surface area contributed by atoms with Crippen LogP contribution in [0.15, 0.2) is 52.1 Å². The van der Waals surface area contributed by atoms with Crippen LogP contribution in [-0.4, -0.2) is 21.9 Å². The number of amides is 1. The van der Waals surface area contributed by atoms with Crippen LogP contribution in [0, 0.1) is 19.7 Å². The third-order valence-corrected chi connectivity index (χ3v) is 4.79. The fourth-order valence-corrected chi connectivity index (χ4v) is 3.09. The molecule has 0 fully saturated rings. The number of benzene rings is 2. The average Bonchev–Trinajstić information content (AvgIpc) is 3.14. The quantitative estimate of drug-likeness (QED) is 0.579. The number of aryl methyl sites for hydroxylation is 2. The highest BCUT2D eigenvalue weighted by Gasteiger charge is 2.17. The summed E-state index contributed by atoms with van der Waals surface area (Å²) in [5.74, 6) is 0.424. The molecule has 2 aromatic carbocycles. The van der Waals surface area contributed by atoms with E-state index in [0.29, 0.717) is 5.75 Å². The van der Waals surface area contributed by atoms with Crippen molar-refractivity contribution in [3.05, 3.63) is 65.3 Å². The van der Waals surface area contributed by atoms with Crippen LogP contribution in [0.25, 0.3) is 0 Å². The van der Waals surface area contributed by atoms with Gasteiger partial charge in [0.15, 0.2) is 6.10 Å². The number of hydrogen-bond donors (Lipinski definition) is 1. The second kappa shape index (κ2) is 8.88. The van der Waals surface area contributed by atoms with Crippen LogP contribution < -0.4 is 10.1 Å². The summed E-state index contributed by atoms with van der Waals surface area (Å²) in [7, 11) is 0. The number of ether oxygens (including phenoxy) is 1. The maximum Gasteiger partial charge on any atom is 0.277 e. The van der Waals surface area contributed by atoms with Gasteiger partial charge in [0.05, 0.1) is 5.75 Å². The monoisotopic (exact) mass is 401 g/mol. The fraction of sp³-hybridized carbons (Fsp3) is 0.250. The lowest BCUT2D eigenvalue weighted by Gasteiger charge is -2.11. The van der Waals surface area contributed by atoms with Gasteiger partial charge in [0.2, 0.25) is 5.91 Å². The molecule has 1 N–H and O–H groups in total. The molecule has 0 saturated carbocycles. The van der Waals surface area contributed by atoms with Crippen LogP contribution in [0.1, 0.15) is 30.0 Å². The van der Waals surface area contributed by atoms with Gasteiger partial charge in [-0.05, 0) is 56.2 Å². The van der Waals surface area contributed by atoms with Crippen LogP contribution in [0.3, 0.4) is 0 Å². The summed E-state index contributed by atoms with van der Waals surface area (Å²) in [6.07, 6.45) is -0.504. The van der Waals surface area contributed by atoms with Crippen LogP contribution >= 0.6 is 11.8 Å². The lowest BCUT2D eigenvalue weighted by molar-refractivity contribution is -0.113. The molecular weight excluding hydrogens is 381 g/mol. The number of nitrogens with one attached hydrogen (secondary N) is 1. The molecule has 0 saturated heterocycles. The summed E-state index contributed by atoms with van der Waals surface area (Å²) in [5, 5.41) is 11.1. The maximum atomic E-state index is 13.0. The topological polar surface area (TPSA) is 77.2 Å². The van der Waals surface area contributed by atoms with E-state index < -0.39 is 6.10 Å². The standard InChI is InChI=1S/C20H20FN3O3S/c1-12-5-4-6-13(2)18(12)22-17(25)11-28-20-24-23-19(27-20)14(3)26-16-9-7-15(21)8-10-16/h4-10,14H,11H2,1-3H3,(H,22,25)/t14-/m0/s1. The Hall–Kier alpha value is -2.87. The van der Waals surface area contributed by atoms with Crippen molar-refractivity contribution in [3.8, 4) is 5.75 Å². The van der Waals surface area contributed by atoms with E-state index in [9.17, 15) is 9.18 Å². The molecule has 8 heteroatoms. The molecule has 0 unspecified atom stereocenters. The molecule has 1 amide bonds. The summed E-state index contributed by atoms with van der Waals surface area (Å²) in [6.45, 7) is 5.64. The summed E-state index contributed by atoms with van der Waals surface area (Å²) in [4.78, 5) is 12.2. The number of para-hydroxylation sites is 1. The van der Waals surface area contributed by atoms with Crippen LogP contribution in [0.2, 0.25) is 0 Å². The van der Waals surface area contributed by atoms with Gasteiger partial charge in [-0.25, -0.2) is 4.39 Å². The fourth-order valence-electron chi connectivity index (χ4n) is 2.53. The number of hydrogen-bond acceptors (Lipinski definition) is 6. The Morgan fingerprint density at radius 1 is 1.18 bits per heavy atom. The largest absolute Gasteiger partial charge is 0.481 e. The normalized spacial score (nSPS) is 11.9. The molecule has 3 aromatic rings. The van der Waals surface area contributed by atoms with E-state index in [4.69, 9.17) is 9.15 Å². The Kier molecular flexibility index (Phi) is 6.30. The highest BCUT2D eigenvalue weighted by atomic mass is 32.2. The number of aromatic nitrogens is 2. The summed E-state index contributed by atoms with van der Waals surface area (Å²) in [5.41, 5.74) is 2.83. The van der Waals surface area contributed by atoms with Gasteiger partial charge in [-0.1, -0.05) is 30.0 Å². The molecule has 0 radical (unpaired) electrons. The van der Waals surface area contributed by atoms with Crippen molar-refractivity contribution >= 4 is 23.4 Å². The minimum atomic E-state index is -0.504. The Morgan fingerprint density at radius 2 is 1.86 bits per heavy atom. The van der Waals surface area contributed by atoms with Gasteiger partial charge in [0.1, 0.15) is 11.6 Å². The number of carbonyl (C=O) groups excluding carboxylic acids is 1. The zero-order valence-corrected chi connectivity index (χ0v) is 16.5. The van der Waals surface area contributed by atoms with Crippen molar-refractivity contribution < 1.29 is 18.3 Å². The van der Waals surface area contributed by atoms with Crippen LogP contribution in [0.4, 0.5) is 10.1 Å². The number of anilines is 1. The van der Waals surface area contributed by atoms with Crippen molar-refractivity contribution in [1.29, 1.82) is 0 Å². The molecule has 0 aliphatic heterocycles. The molecule has 0 aliphatic carbocycles. The molecular formula is C20H20FN3O3S. The minimum Gasteiger partial charge on any atom is -0.481 e. The van der Waals surface area contributed by atoms with E-state index in [-0.39, 0.29) is 28.6 Å². The first-order valence-corrected chi connectivity index (χ1v) is 9.65. The van der Waals surface area contributed by atoms with Crippen LogP contribution in [-0.2, 0) is 4.79 Å². The second-order valence-corrected chi connectivity index (χ2v) is 7.15.